The molecule has 2 aromatic rings. The lowest BCUT2D eigenvalue weighted by Crippen LogP contribution is -2.46. The summed E-state index contributed by atoms with van der Waals surface area (Å²) < 4.78 is 5.28. The molecule has 1 unspecified atom stereocenters. The molecule has 0 saturated carbocycles. The Bertz CT molecular complexity index is 932. The number of piperazine rings is 1. The summed E-state index contributed by atoms with van der Waals surface area (Å²) in [5.41, 5.74) is 3.15. The largest absolute Gasteiger partial charge is 0.451 e. The summed E-state index contributed by atoms with van der Waals surface area (Å²) in [5, 5.41) is 2.82. The first-order valence-corrected chi connectivity index (χ1v) is 12.5. The zero-order chi connectivity index (χ0) is 22.5. The lowest BCUT2D eigenvalue weighted by Gasteiger charge is -2.35. The Hall–Kier alpha value is -2.38. The first-order chi connectivity index (χ1) is 15.6. The number of nitrogens with one attached hydrogen (secondary N) is 1. The third-order valence-corrected chi connectivity index (χ3v) is 7.85. The van der Waals surface area contributed by atoms with E-state index in [9.17, 15) is 9.59 Å². The summed E-state index contributed by atoms with van der Waals surface area (Å²) in [4.78, 5) is 31.4. The Kier molecular flexibility index (Phi) is 7.48. The predicted octanol–water partition coefficient (Wildman–Crippen LogP) is 4.20. The second-order valence-electron chi connectivity index (χ2n) is 8.67. The van der Waals surface area contributed by atoms with Gasteiger partial charge in [0.2, 0.25) is 0 Å². The molecule has 6 nitrogen and oxygen atoms in total. The van der Waals surface area contributed by atoms with Gasteiger partial charge in [0.25, 0.3) is 5.91 Å². The summed E-state index contributed by atoms with van der Waals surface area (Å²) >= 11 is 1.51. The van der Waals surface area contributed by atoms with Crippen LogP contribution in [0.4, 0.5) is 11.4 Å². The van der Waals surface area contributed by atoms with Crippen molar-refractivity contribution in [2.24, 2.45) is 5.92 Å². The second-order valence-corrected chi connectivity index (χ2v) is 9.81. The number of nitrogens with zero attached hydrogens (tertiary/aromatic N) is 2. The number of aryl methyl sites for hydroxylation is 1. The molecule has 1 aromatic heterocycles. The number of amides is 1. The van der Waals surface area contributed by atoms with Crippen molar-refractivity contribution in [3.8, 4) is 0 Å². The Labute approximate surface area is 194 Å². The van der Waals surface area contributed by atoms with Crippen molar-refractivity contribution in [2.45, 2.75) is 39.5 Å². The molecule has 0 radical (unpaired) electrons. The number of ether oxygens (including phenoxy) is 1. The van der Waals surface area contributed by atoms with E-state index in [1.807, 2.05) is 30.3 Å². The highest BCUT2D eigenvalue weighted by Gasteiger charge is 2.23. The molecule has 32 heavy (non-hydrogen) atoms. The van der Waals surface area contributed by atoms with Gasteiger partial charge in [0, 0.05) is 42.4 Å². The van der Waals surface area contributed by atoms with Crippen LogP contribution in [-0.4, -0.2) is 56.1 Å². The molecule has 1 fully saturated rings. The SMILES string of the molecule is CCC1CCc2sc(C(=O)OCC(=O)Nc3ccc(N4CCN(CC)CC4)cc3)cc2C1. The van der Waals surface area contributed by atoms with Gasteiger partial charge in [0.05, 0.1) is 0 Å². The van der Waals surface area contributed by atoms with Crippen LogP contribution < -0.4 is 10.2 Å². The third-order valence-electron chi connectivity index (χ3n) is 6.63. The van der Waals surface area contributed by atoms with Crippen LogP contribution in [0.15, 0.2) is 30.3 Å². The molecule has 4 rings (SSSR count). The molecule has 1 aromatic carbocycles. The summed E-state index contributed by atoms with van der Waals surface area (Å²) in [6.45, 7) is 9.41. The number of esters is 1. The topological polar surface area (TPSA) is 61.9 Å². The number of hydrogen-bond acceptors (Lipinski definition) is 6. The van der Waals surface area contributed by atoms with E-state index < -0.39 is 5.97 Å². The average molecular weight is 456 g/mol. The summed E-state index contributed by atoms with van der Waals surface area (Å²) in [6, 6.07) is 9.82. The van der Waals surface area contributed by atoms with Crippen molar-refractivity contribution in [1.82, 2.24) is 4.90 Å². The molecule has 7 heteroatoms. The Morgan fingerprint density at radius 2 is 1.88 bits per heavy atom. The van der Waals surface area contributed by atoms with E-state index in [-0.39, 0.29) is 12.5 Å². The van der Waals surface area contributed by atoms with Gasteiger partial charge in [-0.15, -0.1) is 11.3 Å². The van der Waals surface area contributed by atoms with Gasteiger partial charge >= 0.3 is 5.97 Å². The van der Waals surface area contributed by atoms with Gasteiger partial charge in [0.1, 0.15) is 4.88 Å². The number of carbonyl (C=O) groups is 2. The van der Waals surface area contributed by atoms with E-state index in [0.717, 1.165) is 51.3 Å². The molecule has 1 atom stereocenters. The number of thiophene rings is 1. The molecule has 1 saturated heterocycles. The number of fused-ring (bicyclic) bond motifs is 1. The number of hydrogen-bond donors (Lipinski definition) is 1. The van der Waals surface area contributed by atoms with Crippen LogP contribution in [0.3, 0.4) is 0 Å². The van der Waals surface area contributed by atoms with E-state index in [4.69, 9.17) is 4.74 Å². The van der Waals surface area contributed by atoms with Crippen molar-refractivity contribution in [2.75, 3.05) is 49.5 Å². The molecule has 1 aliphatic heterocycles. The average Bonchev–Trinajstić information content (AvgIpc) is 3.26. The zero-order valence-corrected chi connectivity index (χ0v) is 19.9. The number of likely N-dealkylation sites (N-methyl/N-ethyl adjacent to an activating group) is 1. The second kappa shape index (κ2) is 10.5. The molecule has 2 aliphatic rings. The summed E-state index contributed by atoms with van der Waals surface area (Å²) in [7, 11) is 0. The van der Waals surface area contributed by atoms with E-state index in [1.54, 1.807) is 0 Å². The number of benzene rings is 1. The van der Waals surface area contributed by atoms with Gasteiger partial charge in [-0.25, -0.2) is 4.79 Å². The summed E-state index contributed by atoms with van der Waals surface area (Å²) in [5.74, 6) is -0.0247. The molecule has 0 bridgehead atoms. The van der Waals surface area contributed by atoms with Crippen LogP contribution in [0, 0.1) is 5.92 Å². The van der Waals surface area contributed by atoms with Crippen LogP contribution in [0.25, 0.3) is 0 Å². The Morgan fingerprint density at radius 3 is 2.56 bits per heavy atom. The Morgan fingerprint density at radius 1 is 1.12 bits per heavy atom. The minimum Gasteiger partial charge on any atom is -0.451 e. The van der Waals surface area contributed by atoms with E-state index in [1.165, 1.54) is 34.6 Å². The monoisotopic (exact) mass is 455 g/mol. The lowest BCUT2D eigenvalue weighted by molar-refractivity contribution is -0.119. The van der Waals surface area contributed by atoms with Crippen LogP contribution in [0.1, 0.15) is 46.8 Å². The zero-order valence-electron chi connectivity index (χ0n) is 19.1. The maximum absolute atomic E-state index is 12.4. The summed E-state index contributed by atoms with van der Waals surface area (Å²) in [6.07, 6.45) is 4.44. The van der Waals surface area contributed by atoms with E-state index >= 15 is 0 Å². The van der Waals surface area contributed by atoms with Gasteiger partial charge in [0.15, 0.2) is 6.61 Å². The van der Waals surface area contributed by atoms with Gasteiger partial charge in [-0.3, -0.25) is 4.79 Å². The minimum atomic E-state index is -0.408. The van der Waals surface area contributed by atoms with Crippen molar-refractivity contribution in [3.63, 3.8) is 0 Å². The Balaban J connectivity index is 1.24. The van der Waals surface area contributed by atoms with Crippen molar-refractivity contribution in [1.29, 1.82) is 0 Å². The van der Waals surface area contributed by atoms with E-state index in [2.05, 4.69) is 29.0 Å². The van der Waals surface area contributed by atoms with Crippen molar-refractivity contribution < 1.29 is 14.3 Å². The third kappa shape index (κ3) is 5.51. The molecule has 0 spiro atoms. The molecule has 172 valence electrons. The lowest BCUT2D eigenvalue weighted by atomic mass is 9.87. The standard InChI is InChI=1S/C25H33N3O3S/c1-3-18-5-10-22-19(15-18)16-23(32-22)25(30)31-17-24(29)26-20-6-8-21(9-7-20)28-13-11-27(4-2)12-14-28/h6-9,16,18H,3-5,10-15,17H2,1-2H3,(H,26,29). The normalized spacial score (nSPS) is 18.8. The number of anilines is 2. The predicted molar refractivity (Wildman–Crippen MR) is 130 cm³/mol. The first kappa shape index (κ1) is 22.8. The van der Waals surface area contributed by atoms with Gasteiger partial charge in [-0.05, 0) is 67.6 Å². The van der Waals surface area contributed by atoms with Crippen molar-refractivity contribution >= 4 is 34.6 Å². The van der Waals surface area contributed by atoms with Crippen LogP contribution in [0.5, 0.6) is 0 Å². The quantitative estimate of drug-likeness (QED) is 0.634. The maximum Gasteiger partial charge on any atom is 0.348 e. The molecular formula is C25H33N3O3S. The first-order valence-electron chi connectivity index (χ1n) is 11.7. The number of rotatable bonds is 7. The fourth-order valence-corrected chi connectivity index (χ4v) is 5.63. The van der Waals surface area contributed by atoms with Crippen LogP contribution in [-0.2, 0) is 22.4 Å². The smallest absolute Gasteiger partial charge is 0.348 e. The van der Waals surface area contributed by atoms with Crippen LogP contribution in [0.2, 0.25) is 0 Å². The molecule has 2 heterocycles. The molecule has 1 aliphatic carbocycles. The fraction of sp³-hybridized carbons (Fsp3) is 0.520. The molecule has 1 amide bonds. The molecule has 1 N–H and O–H groups in total. The van der Waals surface area contributed by atoms with E-state index in [0.29, 0.717) is 16.5 Å². The van der Waals surface area contributed by atoms with Gasteiger partial charge in [-0.1, -0.05) is 20.3 Å². The van der Waals surface area contributed by atoms with Gasteiger partial charge < -0.3 is 19.9 Å². The fourth-order valence-electron chi connectivity index (χ4n) is 4.53. The molecular weight excluding hydrogens is 422 g/mol. The van der Waals surface area contributed by atoms with Crippen molar-refractivity contribution in [3.05, 3.63) is 45.6 Å². The highest BCUT2D eigenvalue weighted by Crippen LogP contribution is 2.33. The maximum atomic E-state index is 12.4. The highest BCUT2D eigenvalue weighted by molar-refractivity contribution is 7.14. The van der Waals surface area contributed by atoms with Gasteiger partial charge in [-0.2, -0.15) is 0 Å². The highest BCUT2D eigenvalue weighted by atomic mass is 32.1. The van der Waals surface area contributed by atoms with Crippen LogP contribution >= 0.6 is 11.3 Å². The number of carbonyl (C=O) groups excluding carboxylic acids is 2. The minimum absolute atomic E-state index is 0.278.